The summed E-state index contributed by atoms with van der Waals surface area (Å²) in [5.41, 5.74) is -0.275. The molecule has 1 N–H and O–H groups in total. The van der Waals surface area contributed by atoms with Crippen molar-refractivity contribution in [1.82, 2.24) is 0 Å². The zero-order chi connectivity index (χ0) is 9.12. The second-order valence-electron chi connectivity index (χ2n) is 3.70. The van der Waals surface area contributed by atoms with E-state index in [9.17, 15) is 8.42 Å². The van der Waals surface area contributed by atoms with Crippen LogP contribution in [0.1, 0.15) is 20.3 Å². The van der Waals surface area contributed by atoms with Crippen molar-refractivity contribution in [2.75, 3.05) is 18.6 Å². The summed E-state index contributed by atoms with van der Waals surface area (Å²) in [6.45, 7) is 3.72. The minimum atomic E-state index is -2.88. The van der Waals surface area contributed by atoms with Gasteiger partial charge in [-0.15, -0.1) is 0 Å². The normalized spacial score (nSPS) is 13.5. The molecule has 0 heterocycles. The molecular formula is C7H16O3S. The summed E-state index contributed by atoms with van der Waals surface area (Å²) < 4.78 is 21.4. The number of sulfone groups is 1. The third-order valence-corrected chi connectivity index (χ3v) is 2.52. The average Bonchev–Trinajstić information content (AvgIpc) is 1.83. The van der Waals surface area contributed by atoms with Crippen molar-refractivity contribution in [3.8, 4) is 0 Å². The Hall–Kier alpha value is -0.0900. The summed E-state index contributed by atoms with van der Waals surface area (Å²) >= 11 is 0. The largest absolute Gasteiger partial charge is 0.396 e. The molecule has 4 heteroatoms. The minimum absolute atomic E-state index is 0.0303. The molecule has 68 valence electrons. The van der Waals surface area contributed by atoms with Gasteiger partial charge < -0.3 is 5.11 Å². The number of hydrogen-bond acceptors (Lipinski definition) is 3. The summed E-state index contributed by atoms with van der Waals surface area (Å²) in [7, 11) is -2.88. The van der Waals surface area contributed by atoms with Crippen LogP contribution in [0.4, 0.5) is 0 Å². The molecule has 0 saturated heterocycles. The Balaban J connectivity index is 3.90. The molecule has 0 spiro atoms. The van der Waals surface area contributed by atoms with Crippen molar-refractivity contribution < 1.29 is 13.5 Å². The highest BCUT2D eigenvalue weighted by molar-refractivity contribution is 7.90. The van der Waals surface area contributed by atoms with Gasteiger partial charge in [0.2, 0.25) is 0 Å². The molecular weight excluding hydrogens is 164 g/mol. The van der Waals surface area contributed by atoms with Gasteiger partial charge in [0.15, 0.2) is 0 Å². The molecule has 0 bridgehead atoms. The van der Waals surface area contributed by atoms with Crippen molar-refractivity contribution in [3.63, 3.8) is 0 Å². The molecule has 0 unspecified atom stereocenters. The van der Waals surface area contributed by atoms with Gasteiger partial charge in [-0.3, -0.25) is 0 Å². The first kappa shape index (κ1) is 10.9. The Morgan fingerprint density at radius 2 is 1.82 bits per heavy atom. The lowest BCUT2D eigenvalue weighted by Crippen LogP contribution is -2.20. The first-order chi connectivity index (χ1) is 4.77. The molecule has 0 aliphatic rings. The molecule has 0 saturated carbocycles. The standard InChI is InChI=1S/C7H16O3S/c1-7(2,6-8)4-5-11(3,9)10/h8H,4-6H2,1-3H3. The highest BCUT2D eigenvalue weighted by Crippen LogP contribution is 2.19. The highest BCUT2D eigenvalue weighted by Gasteiger charge is 2.18. The third-order valence-electron chi connectivity index (χ3n) is 1.58. The summed E-state index contributed by atoms with van der Waals surface area (Å²) in [4.78, 5) is 0. The average molecular weight is 180 g/mol. The Morgan fingerprint density at radius 1 is 1.36 bits per heavy atom. The summed E-state index contributed by atoms with van der Waals surface area (Å²) in [5.74, 6) is 0.153. The molecule has 0 radical (unpaired) electrons. The lowest BCUT2D eigenvalue weighted by molar-refractivity contribution is 0.156. The molecule has 0 aliphatic heterocycles. The van der Waals surface area contributed by atoms with Crippen molar-refractivity contribution in [1.29, 1.82) is 0 Å². The van der Waals surface area contributed by atoms with Gasteiger partial charge in [-0.05, 0) is 11.8 Å². The second kappa shape index (κ2) is 3.54. The van der Waals surface area contributed by atoms with Crippen molar-refractivity contribution >= 4 is 9.84 Å². The summed E-state index contributed by atoms with van der Waals surface area (Å²) in [6, 6.07) is 0. The SMILES string of the molecule is CC(C)(CO)CCS(C)(=O)=O. The van der Waals surface area contributed by atoms with Gasteiger partial charge in [-0.25, -0.2) is 8.42 Å². The summed E-state index contributed by atoms with van der Waals surface area (Å²) in [6.07, 6.45) is 1.72. The maximum absolute atomic E-state index is 10.7. The van der Waals surface area contributed by atoms with E-state index in [2.05, 4.69) is 0 Å². The van der Waals surface area contributed by atoms with Crippen LogP contribution in [0.3, 0.4) is 0 Å². The fourth-order valence-corrected chi connectivity index (χ4v) is 1.46. The fraction of sp³-hybridized carbons (Fsp3) is 1.00. The van der Waals surface area contributed by atoms with Crippen molar-refractivity contribution in [2.45, 2.75) is 20.3 Å². The molecule has 0 rings (SSSR count). The molecule has 11 heavy (non-hydrogen) atoms. The van der Waals surface area contributed by atoms with Gasteiger partial charge in [-0.1, -0.05) is 13.8 Å². The maximum atomic E-state index is 10.7. The van der Waals surface area contributed by atoms with E-state index in [0.717, 1.165) is 0 Å². The van der Waals surface area contributed by atoms with Crippen molar-refractivity contribution in [3.05, 3.63) is 0 Å². The second-order valence-corrected chi connectivity index (χ2v) is 5.96. The van der Waals surface area contributed by atoms with Crippen LogP contribution >= 0.6 is 0 Å². The smallest absolute Gasteiger partial charge is 0.147 e. The van der Waals surface area contributed by atoms with Crippen LogP contribution < -0.4 is 0 Å². The van der Waals surface area contributed by atoms with Gasteiger partial charge in [0, 0.05) is 12.9 Å². The van der Waals surface area contributed by atoms with E-state index in [1.165, 1.54) is 6.26 Å². The summed E-state index contributed by atoms with van der Waals surface area (Å²) in [5, 5.41) is 8.80. The van der Waals surface area contributed by atoms with Crippen LogP contribution in [0.2, 0.25) is 0 Å². The third kappa shape index (κ3) is 6.31. The predicted octanol–water partition coefficient (Wildman–Crippen LogP) is 0.440. The molecule has 0 aromatic rings. The van der Waals surface area contributed by atoms with Crippen LogP contribution in [0.15, 0.2) is 0 Å². The molecule has 0 fully saturated rings. The molecule has 3 nitrogen and oxygen atoms in total. The molecule has 0 aromatic heterocycles. The van der Waals surface area contributed by atoms with Gasteiger partial charge in [0.05, 0.1) is 5.75 Å². The van der Waals surface area contributed by atoms with Crippen molar-refractivity contribution in [2.24, 2.45) is 5.41 Å². The zero-order valence-electron chi connectivity index (χ0n) is 7.29. The number of hydrogen-bond donors (Lipinski definition) is 1. The van der Waals surface area contributed by atoms with Crippen LogP contribution in [-0.4, -0.2) is 32.1 Å². The van der Waals surface area contributed by atoms with Crippen LogP contribution in [-0.2, 0) is 9.84 Å². The van der Waals surface area contributed by atoms with E-state index in [1.54, 1.807) is 0 Å². The van der Waals surface area contributed by atoms with E-state index in [0.29, 0.717) is 6.42 Å². The molecule has 0 amide bonds. The Morgan fingerprint density at radius 3 is 2.09 bits per heavy atom. The lowest BCUT2D eigenvalue weighted by atomic mass is 9.92. The molecule has 0 atom stereocenters. The van der Waals surface area contributed by atoms with E-state index in [4.69, 9.17) is 5.11 Å². The maximum Gasteiger partial charge on any atom is 0.147 e. The van der Waals surface area contributed by atoms with Gasteiger partial charge in [0.25, 0.3) is 0 Å². The van der Waals surface area contributed by atoms with E-state index < -0.39 is 9.84 Å². The Kier molecular flexibility index (Phi) is 3.51. The van der Waals surface area contributed by atoms with Crippen LogP contribution in [0.25, 0.3) is 0 Å². The first-order valence-corrected chi connectivity index (χ1v) is 5.61. The Bertz CT molecular complexity index is 204. The predicted molar refractivity (Wildman–Crippen MR) is 45.2 cm³/mol. The molecule has 0 aliphatic carbocycles. The van der Waals surface area contributed by atoms with Gasteiger partial charge in [0.1, 0.15) is 9.84 Å². The highest BCUT2D eigenvalue weighted by atomic mass is 32.2. The van der Waals surface area contributed by atoms with Gasteiger partial charge in [-0.2, -0.15) is 0 Å². The first-order valence-electron chi connectivity index (χ1n) is 3.55. The quantitative estimate of drug-likeness (QED) is 0.683. The topological polar surface area (TPSA) is 54.4 Å². The number of aliphatic hydroxyl groups is 1. The number of aliphatic hydroxyl groups excluding tert-OH is 1. The minimum Gasteiger partial charge on any atom is -0.396 e. The van der Waals surface area contributed by atoms with E-state index >= 15 is 0 Å². The lowest BCUT2D eigenvalue weighted by Gasteiger charge is -2.20. The van der Waals surface area contributed by atoms with Crippen LogP contribution in [0, 0.1) is 5.41 Å². The fourth-order valence-electron chi connectivity index (χ4n) is 0.541. The number of rotatable bonds is 4. The van der Waals surface area contributed by atoms with Gasteiger partial charge >= 0.3 is 0 Å². The van der Waals surface area contributed by atoms with Crippen LogP contribution in [0.5, 0.6) is 0 Å². The zero-order valence-corrected chi connectivity index (χ0v) is 8.11. The Labute approximate surface area is 68.3 Å². The monoisotopic (exact) mass is 180 g/mol. The molecule has 0 aromatic carbocycles. The van der Waals surface area contributed by atoms with E-state index in [-0.39, 0.29) is 17.8 Å². The van der Waals surface area contributed by atoms with E-state index in [1.807, 2.05) is 13.8 Å².